The monoisotopic (exact) mass is 266 g/mol. The molecule has 3 heterocycles. The maximum Gasteiger partial charge on any atom is 0.228 e. The minimum absolute atomic E-state index is 0.0428. The Morgan fingerprint density at radius 2 is 2.00 bits per heavy atom. The Hall–Kier alpha value is -2.69. The summed E-state index contributed by atoms with van der Waals surface area (Å²) < 4.78 is 1.95. The van der Waals surface area contributed by atoms with Gasteiger partial charge in [0.1, 0.15) is 5.65 Å². The first-order chi connectivity index (χ1) is 9.74. The lowest BCUT2D eigenvalue weighted by atomic mass is 10.2. The lowest BCUT2D eigenvalue weighted by Crippen LogP contribution is -2.16. The van der Waals surface area contributed by atoms with E-state index in [1.54, 1.807) is 18.6 Å². The van der Waals surface area contributed by atoms with E-state index in [1.165, 1.54) is 0 Å². The maximum absolute atomic E-state index is 12.1. The second kappa shape index (κ2) is 5.13. The first-order valence-corrected chi connectivity index (χ1v) is 6.35. The van der Waals surface area contributed by atoms with Crippen molar-refractivity contribution < 1.29 is 4.79 Å². The van der Waals surface area contributed by atoms with Crippen LogP contribution in [0.4, 0.5) is 5.69 Å². The minimum atomic E-state index is -0.0428. The van der Waals surface area contributed by atoms with Crippen LogP contribution >= 0.6 is 0 Å². The second-order valence-electron chi connectivity index (χ2n) is 4.57. The van der Waals surface area contributed by atoms with Crippen molar-refractivity contribution in [2.75, 3.05) is 5.32 Å². The van der Waals surface area contributed by atoms with Gasteiger partial charge in [0.05, 0.1) is 12.1 Å². The van der Waals surface area contributed by atoms with E-state index >= 15 is 0 Å². The molecule has 5 nitrogen and oxygen atoms in total. The molecule has 0 aliphatic heterocycles. The van der Waals surface area contributed by atoms with Crippen LogP contribution in [-0.4, -0.2) is 20.3 Å². The SMILES string of the molecule is Cc1c(NC(=O)Cc2ccncc2)ccc2nccn12. The Kier molecular flexibility index (Phi) is 3.16. The number of anilines is 1. The Morgan fingerprint density at radius 1 is 1.20 bits per heavy atom. The van der Waals surface area contributed by atoms with Crippen LogP contribution in [0.5, 0.6) is 0 Å². The molecule has 0 saturated heterocycles. The van der Waals surface area contributed by atoms with Crippen molar-refractivity contribution in [3.8, 4) is 0 Å². The van der Waals surface area contributed by atoms with Crippen molar-refractivity contribution >= 4 is 17.2 Å². The summed E-state index contributed by atoms with van der Waals surface area (Å²) in [7, 11) is 0. The van der Waals surface area contributed by atoms with Gasteiger partial charge in [0, 0.05) is 30.5 Å². The summed E-state index contributed by atoms with van der Waals surface area (Å²) in [6.45, 7) is 1.96. The molecule has 0 radical (unpaired) electrons. The van der Waals surface area contributed by atoms with Gasteiger partial charge >= 0.3 is 0 Å². The molecule has 3 aromatic heterocycles. The number of nitrogens with zero attached hydrogens (tertiary/aromatic N) is 3. The fraction of sp³-hybridized carbons (Fsp3) is 0.133. The summed E-state index contributed by atoms with van der Waals surface area (Å²) in [6, 6.07) is 7.44. The Labute approximate surface area is 116 Å². The molecule has 1 amide bonds. The summed E-state index contributed by atoms with van der Waals surface area (Å²) in [4.78, 5) is 20.2. The average molecular weight is 266 g/mol. The number of aromatic nitrogens is 3. The zero-order valence-corrected chi connectivity index (χ0v) is 11.1. The summed E-state index contributed by atoms with van der Waals surface area (Å²) >= 11 is 0. The largest absolute Gasteiger partial charge is 0.324 e. The zero-order chi connectivity index (χ0) is 13.9. The van der Waals surface area contributed by atoms with Crippen molar-refractivity contribution in [3.05, 3.63) is 60.3 Å². The summed E-state index contributed by atoms with van der Waals surface area (Å²) in [5.41, 5.74) is 3.58. The molecule has 0 spiro atoms. The third-order valence-corrected chi connectivity index (χ3v) is 3.21. The molecule has 0 bridgehead atoms. The van der Waals surface area contributed by atoms with Gasteiger partial charge in [0.2, 0.25) is 5.91 Å². The van der Waals surface area contributed by atoms with Crippen LogP contribution in [-0.2, 0) is 11.2 Å². The molecule has 0 aromatic carbocycles. The average Bonchev–Trinajstić information content (AvgIpc) is 2.92. The van der Waals surface area contributed by atoms with E-state index in [-0.39, 0.29) is 5.91 Å². The number of amides is 1. The van der Waals surface area contributed by atoms with E-state index in [1.807, 2.05) is 41.8 Å². The molecule has 0 saturated carbocycles. The van der Waals surface area contributed by atoms with Crippen molar-refractivity contribution in [2.24, 2.45) is 0 Å². The van der Waals surface area contributed by atoms with Gasteiger partial charge in [-0.3, -0.25) is 9.78 Å². The summed E-state index contributed by atoms with van der Waals surface area (Å²) in [5.74, 6) is -0.0428. The molecule has 0 atom stereocenters. The van der Waals surface area contributed by atoms with Gasteiger partial charge in [0.25, 0.3) is 0 Å². The highest BCUT2D eigenvalue weighted by molar-refractivity contribution is 5.92. The highest BCUT2D eigenvalue weighted by atomic mass is 16.1. The van der Waals surface area contributed by atoms with Crippen molar-refractivity contribution in [2.45, 2.75) is 13.3 Å². The number of hydrogen-bond acceptors (Lipinski definition) is 3. The highest BCUT2D eigenvalue weighted by Crippen LogP contribution is 2.16. The molecule has 1 N–H and O–H groups in total. The lowest BCUT2D eigenvalue weighted by molar-refractivity contribution is -0.115. The quantitative estimate of drug-likeness (QED) is 0.790. The van der Waals surface area contributed by atoms with Crippen molar-refractivity contribution in [1.82, 2.24) is 14.4 Å². The molecule has 3 aromatic rings. The van der Waals surface area contributed by atoms with Crippen LogP contribution < -0.4 is 5.32 Å². The number of rotatable bonds is 3. The molecular formula is C15H14N4O. The van der Waals surface area contributed by atoms with Gasteiger partial charge in [-0.1, -0.05) is 0 Å². The Bertz CT molecular complexity index is 749. The van der Waals surface area contributed by atoms with Crippen LogP contribution in [0.15, 0.2) is 49.1 Å². The number of hydrogen-bond donors (Lipinski definition) is 1. The van der Waals surface area contributed by atoms with E-state index in [0.29, 0.717) is 6.42 Å². The Morgan fingerprint density at radius 3 is 2.80 bits per heavy atom. The third kappa shape index (κ3) is 2.38. The first kappa shape index (κ1) is 12.3. The minimum Gasteiger partial charge on any atom is -0.324 e. The smallest absolute Gasteiger partial charge is 0.228 e. The topological polar surface area (TPSA) is 59.3 Å². The van der Waals surface area contributed by atoms with Gasteiger partial charge < -0.3 is 9.72 Å². The molecule has 5 heteroatoms. The molecular weight excluding hydrogens is 252 g/mol. The van der Waals surface area contributed by atoms with Crippen molar-refractivity contribution in [1.29, 1.82) is 0 Å². The van der Waals surface area contributed by atoms with Crippen LogP contribution in [0.25, 0.3) is 5.65 Å². The van der Waals surface area contributed by atoms with E-state index < -0.39 is 0 Å². The molecule has 0 fully saturated rings. The number of carbonyl (C=O) groups excluding carboxylic acids is 1. The van der Waals surface area contributed by atoms with E-state index in [4.69, 9.17) is 0 Å². The number of imidazole rings is 1. The molecule has 3 rings (SSSR count). The van der Waals surface area contributed by atoms with Gasteiger partial charge in [-0.15, -0.1) is 0 Å². The van der Waals surface area contributed by atoms with Crippen LogP contribution in [0.3, 0.4) is 0 Å². The predicted molar refractivity (Wildman–Crippen MR) is 76.5 cm³/mol. The normalized spacial score (nSPS) is 10.7. The van der Waals surface area contributed by atoms with Gasteiger partial charge in [-0.05, 0) is 36.8 Å². The van der Waals surface area contributed by atoms with Gasteiger partial charge in [-0.2, -0.15) is 0 Å². The van der Waals surface area contributed by atoms with E-state index in [9.17, 15) is 4.79 Å². The summed E-state index contributed by atoms with van der Waals surface area (Å²) in [5, 5.41) is 2.93. The molecule has 100 valence electrons. The number of fused-ring (bicyclic) bond motifs is 1. The second-order valence-corrected chi connectivity index (χ2v) is 4.57. The first-order valence-electron chi connectivity index (χ1n) is 6.35. The molecule has 0 aliphatic carbocycles. The molecule has 20 heavy (non-hydrogen) atoms. The number of carbonyl (C=O) groups is 1. The van der Waals surface area contributed by atoms with Crippen LogP contribution in [0.1, 0.15) is 11.3 Å². The predicted octanol–water partition coefficient (Wildman–Crippen LogP) is 2.22. The lowest BCUT2D eigenvalue weighted by Gasteiger charge is -2.10. The third-order valence-electron chi connectivity index (χ3n) is 3.21. The Balaban J connectivity index is 1.79. The van der Waals surface area contributed by atoms with Crippen LogP contribution in [0.2, 0.25) is 0 Å². The fourth-order valence-corrected chi connectivity index (χ4v) is 2.14. The number of nitrogens with one attached hydrogen (secondary N) is 1. The maximum atomic E-state index is 12.1. The van der Waals surface area contributed by atoms with Gasteiger partial charge in [-0.25, -0.2) is 4.98 Å². The zero-order valence-electron chi connectivity index (χ0n) is 11.1. The summed E-state index contributed by atoms with van der Waals surface area (Å²) in [6.07, 6.45) is 7.33. The highest BCUT2D eigenvalue weighted by Gasteiger charge is 2.08. The van der Waals surface area contributed by atoms with Crippen LogP contribution in [0, 0.1) is 6.92 Å². The van der Waals surface area contributed by atoms with Crippen molar-refractivity contribution in [3.63, 3.8) is 0 Å². The van der Waals surface area contributed by atoms with E-state index in [0.717, 1.165) is 22.6 Å². The standard InChI is InChI=1S/C15H14N4O/c1-11-13(2-3-14-17-8-9-19(11)14)18-15(20)10-12-4-6-16-7-5-12/h2-9H,10H2,1H3,(H,18,20). The number of pyridine rings is 2. The fourth-order valence-electron chi connectivity index (χ4n) is 2.14. The molecule has 0 aliphatic rings. The van der Waals surface area contributed by atoms with Gasteiger partial charge in [0.15, 0.2) is 0 Å². The molecule has 0 unspecified atom stereocenters. The van der Waals surface area contributed by atoms with E-state index in [2.05, 4.69) is 15.3 Å². The number of aryl methyl sites for hydroxylation is 1.